The summed E-state index contributed by atoms with van der Waals surface area (Å²) in [5.74, 6) is -2.14. The minimum atomic E-state index is -1.13. The highest BCUT2D eigenvalue weighted by Gasteiger charge is 2.23. The molecule has 0 heterocycles. The molecule has 0 amide bonds. The first-order chi connectivity index (χ1) is 5.09. The third kappa shape index (κ3) is 3.98. The van der Waals surface area contributed by atoms with Crippen molar-refractivity contribution in [3.05, 3.63) is 0 Å². The zero-order chi connectivity index (χ0) is 8.85. The molecule has 11 heavy (non-hydrogen) atoms. The van der Waals surface area contributed by atoms with Crippen LogP contribution in [0.2, 0.25) is 0 Å². The summed E-state index contributed by atoms with van der Waals surface area (Å²) in [5, 5.41) is 7.69. The Labute approximate surface area is 70.3 Å². The lowest BCUT2D eigenvalue weighted by molar-refractivity contribution is -0.144. The second kappa shape index (κ2) is 5.13. The predicted molar refractivity (Wildman–Crippen MR) is 41.5 cm³/mol. The molecule has 0 saturated heterocycles. The van der Waals surface area contributed by atoms with Crippen molar-refractivity contribution in [3.63, 3.8) is 0 Å². The van der Waals surface area contributed by atoms with E-state index >= 15 is 0 Å². The van der Waals surface area contributed by atoms with Crippen molar-refractivity contribution < 1.29 is 14.7 Å². The van der Waals surface area contributed by atoms with Gasteiger partial charge in [-0.05, 0) is 18.0 Å². The van der Waals surface area contributed by atoms with Crippen molar-refractivity contribution in [1.29, 1.82) is 0 Å². The maximum atomic E-state index is 10.5. The zero-order valence-corrected chi connectivity index (χ0v) is 7.10. The first-order valence-electron chi connectivity index (χ1n) is 3.51. The number of carboxylic acid groups (broad SMARTS) is 1. The monoisotopic (exact) mass is 178 g/mol. The fourth-order valence-corrected chi connectivity index (χ4v) is 0.945. The molecule has 1 atom stereocenters. The van der Waals surface area contributed by atoms with E-state index in [0.717, 1.165) is 12.8 Å². The first kappa shape index (κ1) is 10.4. The Hall–Kier alpha value is -0.570. The van der Waals surface area contributed by atoms with Crippen LogP contribution in [0.5, 0.6) is 0 Å². The molecule has 0 spiro atoms. The molecule has 0 radical (unpaired) electrons. The van der Waals surface area contributed by atoms with Crippen LogP contribution in [0, 0.1) is 5.92 Å². The second-order valence-electron chi connectivity index (χ2n) is 2.34. The van der Waals surface area contributed by atoms with E-state index in [1.807, 2.05) is 6.92 Å². The first-order valence-corrected chi connectivity index (χ1v) is 3.89. The van der Waals surface area contributed by atoms with Crippen LogP contribution < -0.4 is 0 Å². The molecule has 64 valence electrons. The van der Waals surface area contributed by atoms with Gasteiger partial charge < -0.3 is 5.11 Å². The van der Waals surface area contributed by atoms with E-state index < -0.39 is 17.1 Å². The van der Waals surface area contributed by atoms with E-state index in [1.165, 1.54) is 0 Å². The lowest BCUT2D eigenvalue weighted by Crippen LogP contribution is -2.19. The van der Waals surface area contributed by atoms with Gasteiger partial charge in [-0.25, -0.2) is 0 Å². The second-order valence-corrected chi connectivity index (χ2v) is 2.71. The number of carbonyl (C=O) groups is 2. The Kier molecular flexibility index (Phi) is 4.86. The fourth-order valence-electron chi connectivity index (χ4n) is 0.742. The molecule has 0 aromatic rings. The van der Waals surface area contributed by atoms with Gasteiger partial charge in [0.2, 0.25) is 5.24 Å². The molecule has 3 nitrogen and oxygen atoms in total. The lowest BCUT2D eigenvalue weighted by Gasteiger charge is -2.04. The number of carboxylic acids is 1. The van der Waals surface area contributed by atoms with Crippen LogP contribution >= 0.6 is 11.6 Å². The molecular weight excluding hydrogens is 168 g/mol. The molecule has 0 aliphatic carbocycles. The molecule has 0 bridgehead atoms. The number of hydrogen-bond donors (Lipinski definition) is 1. The maximum absolute atomic E-state index is 10.5. The van der Waals surface area contributed by atoms with E-state index in [-0.39, 0.29) is 0 Å². The van der Waals surface area contributed by atoms with E-state index in [9.17, 15) is 9.59 Å². The molecule has 1 N–H and O–H groups in total. The Morgan fingerprint density at radius 1 is 1.55 bits per heavy atom. The number of rotatable bonds is 5. The topological polar surface area (TPSA) is 54.4 Å². The van der Waals surface area contributed by atoms with Gasteiger partial charge in [0.05, 0.1) is 0 Å². The van der Waals surface area contributed by atoms with Crippen molar-refractivity contribution in [2.75, 3.05) is 0 Å². The Bertz CT molecular complexity index is 142. The minimum absolute atomic E-state index is 0.341. The molecule has 0 rings (SSSR count). The minimum Gasteiger partial charge on any atom is -0.481 e. The average molecular weight is 179 g/mol. The molecule has 0 saturated carbocycles. The molecule has 0 aromatic heterocycles. The highest BCUT2D eigenvalue weighted by Crippen LogP contribution is 2.11. The molecule has 0 fully saturated rings. The van der Waals surface area contributed by atoms with Crippen molar-refractivity contribution in [1.82, 2.24) is 0 Å². The Morgan fingerprint density at radius 2 is 2.09 bits per heavy atom. The molecule has 0 aliphatic rings. The van der Waals surface area contributed by atoms with Crippen LogP contribution in [0.25, 0.3) is 0 Å². The van der Waals surface area contributed by atoms with Crippen molar-refractivity contribution in [2.45, 2.75) is 26.2 Å². The molecule has 0 aromatic carbocycles. The van der Waals surface area contributed by atoms with Gasteiger partial charge in [0.15, 0.2) is 0 Å². The van der Waals surface area contributed by atoms with E-state index in [0.29, 0.717) is 6.42 Å². The van der Waals surface area contributed by atoms with Gasteiger partial charge in [0, 0.05) is 0 Å². The smallest absolute Gasteiger partial charge is 0.315 e. The molecule has 1 unspecified atom stereocenters. The van der Waals surface area contributed by atoms with Crippen molar-refractivity contribution >= 4 is 22.8 Å². The molecular formula is C7H11ClO3. The largest absolute Gasteiger partial charge is 0.481 e. The average Bonchev–Trinajstić information content (AvgIpc) is 1.87. The van der Waals surface area contributed by atoms with Crippen molar-refractivity contribution in [3.8, 4) is 0 Å². The van der Waals surface area contributed by atoms with Gasteiger partial charge in [-0.1, -0.05) is 19.8 Å². The van der Waals surface area contributed by atoms with Gasteiger partial charge >= 0.3 is 5.97 Å². The molecule has 4 heteroatoms. The number of carbonyl (C=O) groups excluding carboxylic acids is 1. The number of hydrogen-bond acceptors (Lipinski definition) is 2. The van der Waals surface area contributed by atoms with Gasteiger partial charge in [0.25, 0.3) is 0 Å². The SMILES string of the molecule is CCCCC(C(=O)O)C(=O)Cl. The van der Waals surface area contributed by atoms with Gasteiger partial charge in [-0.2, -0.15) is 0 Å². The van der Waals surface area contributed by atoms with Crippen LogP contribution in [0.3, 0.4) is 0 Å². The van der Waals surface area contributed by atoms with Crippen LogP contribution in [0.4, 0.5) is 0 Å². The fraction of sp³-hybridized carbons (Fsp3) is 0.714. The van der Waals surface area contributed by atoms with Gasteiger partial charge in [-0.15, -0.1) is 0 Å². The summed E-state index contributed by atoms with van der Waals surface area (Å²) in [4.78, 5) is 20.8. The Balaban J connectivity index is 3.90. The van der Waals surface area contributed by atoms with Crippen LogP contribution in [-0.2, 0) is 9.59 Å². The van der Waals surface area contributed by atoms with E-state index in [2.05, 4.69) is 0 Å². The number of unbranched alkanes of at least 4 members (excludes halogenated alkanes) is 1. The quantitative estimate of drug-likeness (QED) is 0.515. The van der Waals surface area contributed by atoms with Gasteiger partial charge in [-0.3, -0.25) is 9.59 Å². The Morgan fingerprint density at radius 3 is 2.36 bits per heavy atom. The highest BCUT2D eigenvalue weighted by atomic mass is 35.5. The number of aliphatic carboxylic acids is 1. The summed E-state index contributed by atoms with van der Waals surface area (Å²) in [6.45, 7) is 1.93. The third-order valence-electron chi connectivity index (χ3n) is 1.42. The summed E-state index contributed by atoms with van der Waals surface area (Å²) >= 11 is 5.05. The van der Waals surface area contributed by atoms with Gasteiger partial charge in [0.1, 0.15) is 5.92 Å². The highest BCUT2D eigenvalue weighted by molar-refractivity contribution is 6.65. The third-order valence-corrected chi connectivity index (χ3v) is 1.68. The number of halogens is 1. The molecule has 0 aliphatic heterocycles. The van der Waals surface area contributed by atoms with E-state index in [4.69, 9.17) is 16.7 Å². The summed E-state index contributed by atoms with van der Waals surface area (Å²) in [7, 11) is 0. The van der Waals surface area contributed by atoms with Crippen LogP contribution in [0.15, 0.2) is 0 Å². The summed E-state index contributed by atoms with van der Waals surface area (Å²) < 4.78 is 0. The van der Waals surface area contributed by atoms with Crippen molar-refractivity contribution in [2.24, 2.45) is 5.92 Å². The summed E-state index contributed by atoms with van der Waals surface area (Å²) in [5.41, 5.74) is 0. The van der Waals surface area contributed by atoms with Crippen LogP contribution in [0.1, 0.15) is 26.2 Å². The lowest BCUT2D eigenvalue weighted by atomic mass is 10.0. The zero-order valence-electron chi connectivity index (χ0n) is 6.34. The predicted octanol–water partition coefficient (Wildman–Crippen LogP) is 1.64. The normalized spacial score (nSPS) is 12.5. The summed E-state index contributed by atoms with van der Waals surface area (Å²) in [6, 6.07) is 0. The standard InChI is InChI=1S/C7H11ClO3/c1-2-3-4-5(6(8)9)7(10)11/h5H,2-4H2,1H3,(H,10,11). The van der Waals surface area contributed by atoms with E-state index in [1.54, 1.807) is 0 Å². The van der Waals surface area contributed by atoms with Crippen LogP contribution in [-0.4, -0.2) is 16.3 Å². The maximum Gasteiger partial charge on any atom is 0.315 e. The summed E-state index contributed by atoms with van der Waals surface area (Å²) in [6.07, 6.45) is 1.93.